The van der Waals surface area contributed by atoms with Crippen molar-refractivity contribution in [2.24, 2.45) is 10.9 Å². The predicted molar refractivity (Wildman–Crippen MR) is 122 cm³/mol. The normalized spacial score (nSPS) is 17.0. The van der Waals surface area contributed by atoms with E-state index in [1.807, 2.05) is 0 Å². The highest BCUT2D eigenvalue weighted by molar-refractivity contribution is 14.0. The monoisotopic (exact) mass is 502 g/mol. The molecular formula is C18H39IN4O2S. The van der Waals surface area contributed by atoms with Crippen molar-refractivity contribution in [2.75, 3.05) is 39.5 Å². The molecule has 0 saturated carbocycles. The summed E-state index contributed by atoms with van der Waals surface area (Å²) in [6, 6.07) is 0. The zero-order valence-corrected chi connectivity index (χ0v) is 19.9. The van der Waals surface area contributed by atoms with E-state index < -0.39 is 10.0 Å². The molecule has 0 spiro atoms. The summed E-state index contributed by atoms with van der Waals surface area (Å²) in [5, 5.41) is 6.76. The first-order chi connectivity index (χ1) is 12.0. The Morgan fingerprint density at radius 1 is 1.04 bits per heavy atom. The van der Waals surface area contributed by atoms with Crippen molar-refractivity contribution in [3.8, 4) is 0 Å². The number of hydrogen-bond acceptors (Lipinski definition) is 3. The van der Waals surface area contributed by atoms with Crippen LogP contribution in [-0.4, -0.2) is 58.2 Å². The minimum absolute atomic E-state index is 0. The third-order valence-electron chi connectivity index (χ3n) is 4.90. The molecule has 1 saturated heterocycles. The summed E-state index contributed by atoms with van der Waals surface area (Å²) in [5.41, 5.74) is 0. The molecule has 1 aliphatic heterocycles. The first-order valence-corrected chi connectivity index (χ1v) is 11.7. The summed E-state index contributed by atoms with van der Waals surface area (Å²) in [7, 11) is -1.24. The topological polar surface area (TPSA) is 73.8 Å². The van der Waals surface area contributed by atoms with Gasteiger partial charge in [0.2, 0.25) is 10.0 Å². The van der Waals surface area contributed by atoms with Gasteiger partial charge in [-0.2, -0.15) is 0 Å². The molecule has 0 atom stereocenters. The van der Waals surface area contributed by atoms with Gasteiger partial charge in [-0.25, -0.2) is 12.7 Å². The molecule has 0 amide bonds. The average molecular weight is 503 g/mol. The van der Waals surface area contributed by atoms with E-state index in [0.717, 1.165) is 31.9 Å². The van der Waals surface area contributed by atoms with Gasteiger partial charge in [0, 0.05) is 33.2 Å². The van der Waals surface area contributed by atoms with Crippen molar-refractivity contribution in [2.45, 2.75) is 64.7 Å². The van der Waals surface area contributed by atoms with Crippen LogP contribution in [0, 0.1) is 5.92 Å². The fourth-order valence-electron chi connectivity index (χ4n) is 3.20. The predicted octanol–water partition coefficient (Wildman–Crippen LogP) is 3.19. The van der Waals surface area contributed by atoms with Crippen molar-refractivity contribution >= 4 is 40.0 Å². The molecule has 0 aromatic rings. The Morgan fingerprint density at radius 2 is 1.62 bits per heavy atom. The summed E-state index contributed by atoms with van der Waals surface area (Å²) in [4.78, 5) is 4.27. The molecule has 6 nitrogen and oxygen atoms in total. The molecule has 1 rings (SSSR count). The van der Waals surface area contributed by atoms with E-state index >= 15 is 0 Å². The second-order valence-electron chi connectivity index (χ2n) is 7.11. The third kappa shape index (κ3) is 11.6. The minimum atomic E-state index is -3.03. The van der Waals surface area contributed by atoms with Gasteiger partial charge in [0.05, 0.1) is 6.26 Å². The maximum atomic E-state index is 11.5. The van der Waals surface area contributed by atoms with Gasteiger partial charge in [0.1, 0.15) is 0 Å². The fraction of sp³-hybridized carbons (Fsp3) is 0.944. The molecule has 1 heterocycles. The number of rotatable bonds is 11. The van der Waals surface area contributed by atoms with Crippen LogP contribution in [-0.2, 0) is 10.0 Å². The maximum absolute atomic E-state index is 11.5. The lowest BCUT2D eigenvalue weighted by molar-refractivity contribution is 0.275. The Morgan fingerprint density at radius 3 is 2.15 bits per heavy atom. The van der Waals surface area contributed by atoms with Gasteiger partial charge in [-0.3, -0.25) is 4.99 Å². The van der Waals surface area contributed by atoms with Crippen LogP contribution in [0.25, 0.3) is 0 Å². The molecule has 0 aliphatic carbocycles. The van der Waals surface area contributed by atoms with E-state index in [1.165, 1.54) is 51.2 Å². The van der Waals surface area contributed by atoms with Crippen molar-refractivity contribution in [3.63, 3.8) is 0 Å². The van der Waals surface area contributed by atoms with Crippen LogP contribution >= 0.6 is 24.0 Å². The van der Waals surface area contributed by atoms with Crippen LogP contribution < -0.4 is 10.6 Å². The van der Waals surface area contributed by atoms with Crippen LogP contribution in [0.3, 0.4) is 0 Å². The fourth-order valence-corrected chi connectivity index (χ4v) is 4.07. The van der Waals surface area contributed by atoms with Crippen molar-refractivity contribution < 1.29 is 8.42 Å². The second-order valence-corrected chi connectivity index (χ2v) is 9.09. The minimum Gasteiger partial charge on any atom is -0.356 e. The molecule has 2 N–H and O–H groups in total. The maximum Gasteiger partial charge on any atom is 0.211 e. The Balaban J connectivity index is 0.00000625. The Kier molecular flexibility index (Phi) is 14.9. The summed E-state index contributed by atoms with van der Waals surface area (Å²) in [5.74, 6) is 1.37. The van der Waals surface area contributed by atoms with Gasteiger partial charge >= 0.3 is 0 Å². The quantitative estimate of drug-likeness (QED) is 0.197. The smallest absolute Gasteiger partial charge is 0.211 e. The van der Waals surface area contributed by atoms with Gasteiger partial charge < -0.3 is 10.6 Å². The molecule has 0 aromatic carbocycles. The summed E-state index contributed by atoms with van der Waals surface area (Å²) < 4.78 is 24.6. The lowest BCUT2D eigenvalue weighted by Gasteiger charge is -2.30. The number of unbranched alkanes of at least 4 members (excludes halogenated alkanes) is 6. The van der Waals surface area contributed by atoms with Gasteiger partial charge in [-0.15, -0.1) is 24.0 Å². The van der Waals surface area contributed by atoms with E-state index in [1.54, 1.807) is 11.4 Å². The second kappa shape index (κ2) is 14.9. The third-order valence-corrected chi connectivity index (χ3v) is 6.20. The standard InChI is InChI=1S/C18H38N4O2S.HI/c1-4-5-6-7-8-9-10-13-20-18(19-2)21-16-17-11-14-22(15-12-17)25(3,23)24;/h17H,4-16H2,1-3H3,(H2,19,20,21);1H. The van der Waals surface area contributed by atoms with Gasteiger partial charge in [0.25, 0.3) is 0 Å². The van der Waals surface area contributed by atoms with E-state index in [0.29, 0.717) is 19.0 Å². The van der Waals surface area contributed by atoms with Crippen LogP contribution in [0.2, 0.25) is 0 Å². The van der Waals surface area contributed by atoms with Crippen LogP contribution in [0.4, 0.5) is 0 Å². The number of hydrogen-bond donors (Lipinski definition) is 2. The van der Waals surface area contributed by atoms with Crippen LogP contribution in [0.5, 0.6) is 0 Å². The number of guanidine groups is 1. The van der Waals surface area contributed by atoms with Gasteiger partial charge in [-0.1, -0.05) is 45.4 Å². The Hall–Kier alpha value is -0.0900. The first kappa shape index (κ1) is 25.9. The SMILES string of the molecule is CCCCCCCCCNC(=NC)NCC1CCN(S(C)(=O)=O)CC1.I. The van der Waals surface area contributed by atoms with E-state index in [4.69, 9.17) is 0 Å². The van der Waals surface area contributed by atoms with Gasteiger partial charge in [-0.05, 0) is 25.2 Å². The van der Waals surface area contributed by atoms with Crippen LogP contribution in [0.15, 0.2) is 4.99 Å². The van der Waals surface area contributed by atoms with Crippen molar-refractivity contribution in [3.05, 3.63) is 0 Å². The lowest BCUT2D eigenvalue weighted by Crippen LogP contribution is -2.44. The Labute approximate surface area is 178 Å². The molecule has 156 valence electrons. The number of nitrogens with one attached hydrogen (secondary N) is 2. The highest BCUT2D eigenvalue weighted by Crippen LogP contribution is 2.18. The number of sulfonamides is 1. The molecule has 0 radical (unpaired) electrons. The summed E-state index contributed by atoms with van der Waals surface area (Å²) in [6.45, 7) is 5.33. The highest BCUT2D eigenvalue weighted by atomic mass is 127. The summed E-state index contributed by atoms with van der Waals surface area (Å²) >= 11 is 0. The van der Waals surface area contributed by atoms with E-state index in [2.05, 4.69) is 22.5 Å². The van der Waals surface area contributed by atoms with Crippen LogP contribution in [0.1, 0.15) is 64.7 Å². The van der Waals surface area contributed by atoms with E-state index in [9.17, 15) is 8.42 Å². The zero-order chi connectivity index (χ0) is 18.5. The molecule has 26 heavy (non-hydrogen) atoms. The molecule has 0 unspecified atom stereocenters. The number of nitrogens with zero attached hydrogens (tertiary/aromatic N) is 2. The molecular weight excluding hydrogens is 463 g/mol. The Bertz CT molecular complexity index is 478. The largest absolute Gasteiger partial charge is 0.356 e. The molecule has 1 fully saturated rings. The van der Waals surface area contributed by atoms with Gasteiger partial charge in [0.15, 0.2) is 5.96 Å². The highest BCUT2D eigenvalue weighted by Gasteiger charge is 2.24. The number of piperidine rings is 1. The zero-order valence-electron chi connectivity index (χ0n) is 16.8. The molecule has 8 heteroatoms. The van der Waals surface area contributed by atoms with Crippen molar-refractivity contribution in [1.82, 2.24) is 14.9 Å². The van der Waals surface area contributed by atoms with E-state index in [-0.39, 0.29) is 24.0 Å². The molecule has 1 aliphatic rings. The molecule has 0 bridgehead atoms. The van der Waals surface area contributed by atoms with Crippen molar-refractivity contribution in [1.29, 1.82) is 0 Å². The number of halogens is 1. The molecule has 0 aromatic heterocycles. The average Bonchev–Trinajstić information content (AvgIpc) is 2.59. The first-order valence-electron chi connectivity index (χ1n) is 9.87. The lowest BCUT2D eigenvalue weighted by atomic mass is 9.98. The summed E-state index contributed by atoms with van der Waals surface area (Å²) in [6.07, 6.45) is 12.3. The number of aliphatic imine (C=N–C) groups is 1.